The van der Waals surface area contributed by atoms with Crippen molar-refractivity contribution in [3.8, 4) is 23.0 Å². The van der Waals surface area contributed by atoms with Crippen LogP contribution in [-0.2, 0) is 0 Å². The summed E-state index contributed by atoms with van der Waals surface area (Å²) in [5.41, 5.74) is 3.75. The lowest BCUT2D eigenvalue weighted by Gasteiger charge is -2.17. The Hall–Kier alpha value is -3.58. The number of rotatable bonds is 5. The van der Waals surface area contributed by atoms with Crippen LogP contribution in [0.4, 0.5) is 5.69 Å². The molecule has 34 heavy (non-hydrogen) atoms. The van der Waals surface area contributed by atoms with Gasteiger partial charge in [-0.1, -0.05) is 23.8 Å². The molecule has 1 amide bonds. The Morgan fingerprint density at radius 3 is 2.53 bits per heavy atom. The maximum Gasteiger partial charge on any atom is 0.274 e. The Kier molecular flexibility index (Phi) is 5.44. The summed E-state index contributed by atoms with van der Waals surface area (Å²) in [5.74, 6) is 1.62. The molecule has 0 saturated heterocycles. The summed E-state index contributed by atoms with van der Waals surface area (Å²) in [4.78, 5) is 18.6. The molecule has 0 spiro atoms. The molecular formula is C26H25ClN2O5. The van der Waals surface area contributed by atoms with E-state index in [4.69, 9.17) is 25.8 Å². The number of anilines is 1. The van der Waals surface area contributed by atoms with E-state index in [1.165, 1.54) is 14.2 Å². The average molecular weight is 481 g/mol. The second-order valence-electron chi connectivity index (χ2n) is 8.44. The minimum Gasteiger partial charge on any atom is -0.507 e. The Morgan fingerprint density at radius 1 is 1.09 bits per heavy atom. The number of aromatic amines is 1. The van der Waals surface area contributed by atoms with Crippen LogP contribution in [-0.4, -0.2) is 49.8 Å². The van der Waals surface area contributed by atoms with Crippen LogP contribution >= 0.6 is 11.6 Å². The van der Waals surface area contributed by atoms with Gasteiger partial charge in [0.2, 0.25) is 5.75 Å². The van der Waals surface area contributed by atoms with Gasteiger partial charge in [-0.05, 0) is 30.0 Å². The van der Waals surface area contributed by atoms with E-state index in [0.717, 1.165) is 27.3 Å². The predicted molar refractivity (Wildman–Crippen MR) is 133 cm³/mol. The lowest BCUT2D eigenvalue weighted by atomic mass is 9.94. The molecule has 5 rings (SSSR count). The van der Waals surface area contributed by atoms with Gasteiger partial charge in [0.15, 0.2) is 11.5 Å². The summed E-state index contributed by atoms with van der Waals surface area (Å²) in [6.45, 7) is 2.42. The topological polar surface area (TPSA) is 84.0 Å². The summed E-state index contributed by atoms with van der Waals surface area (Å²) in [5, 5.41) is 13.2. The molecule has 176 valence electrons. The molecule has 0 unspecified atom stereocenters. The fourth-order valence-electron chi connectivity index (χ4n) is 4.91. The smallest absolute Gasteiger partial charge is 0.274 e. The van der Waals surface area contributed by atoms with E-state index in [1.807, 2.05) is 25.1 Å². The first-order chi connectivity index (χ1) is 16.4. The van der Waals surface area contributed by atoms with Crippen LogP contribution in [0.5, 0.6) is 23.0 Å². The van der Waals surface area contributed by atoms with Gasteiger partial charge in [-0.2, -0.15) is 0 Å². The first kappa shape index (κ1) is 22.2. The Labute approximate surface area is 201 Å². The molecule has 1 aromatic heterocycles. The highest BCUT2D eigenvalue weighted by atomic mass is 35.5. The molecule has 2 heterocycles. The lowest BCUT2D eigenvalue weighted by Crippen LogP contribution is -2.30. The van der Waals surface area contributed by atoms with Gasteiger partial charge in [-0.3, -0.25) is 4.79 Å². The summed E-state index contributed by atoms with van der Waals surface area (Å²) in [6, 6.07) is 11.1. The van der Waals surface area contributed by atoms with Crippen molar-refractivity contribution in [2.75, 3.05) is 38.7 Å². The summed E-state index contributed by atoms with van der Waals surface area (Å²) < 4.78 is 16.5. The highest BCUT2D eigenvalue weighted by molar-refractivity contribution is 6.19. The third kappa shape index (κ3) is 3.22. The third-order valence-electron chi connectivity index (χ3n) is 6.47. The number of hydrogen-bond acceptors (Lipinski definition) is 5. The van der Waals surface area contributed by atoms with Crippen molar-refractivity contribution in [3.63, 3.8) is 0 Å². The zero-order valence-electron chi connectivity index (χ0n) is 19.4. The number of methoxy groups -OCH3 is 3. The molecule has 0 fully saturated rings. The quantitative estimate of drug-likeness (QED) is 0.376. The number of H-pyrrole nitrogens is 1. The van der Waals surface area contributed by atoms with Crippen LogP contribution in [0.1, 0.15) is 27.5 Å². The van der Waals surface area contributed by atoms with Gasteiger partial charge in [0.05, 0.1) is 32.5 Å². The number of aromatic hydroxyl groups is 1. The van der Waals surface area contributed by atoms with E-state index in [9.17, 15) is 9.90 Å². The monoisotopic (exact) mass is 480 g/mol. The highest BCUT2D eigenvalue weighted by Crippen LogP contribution is 2.47. The van der Waals surface area contributed by atoms with E-state index in [1.54, 1.807) is 30.2 Å². The fourth-order valence-corrected chi connectivity index (χ4v) is 5.16. The van der Waals surface area contributed by atoms with Gasteiger partial charge in [-0.15, -0.1) is 11.6 Å². The van der Waals surface area contributed by atoms with E-state index < -0.39 is 0 Å². The second-order valence-corrected chi connectivity index (χ2v) is 8.75. The first-order valence-corrected chi connectivity index (χ1v) is 11.4. The number of carbonyl (C=O) groups is 1. The van der Waals surface area contributed by atoms with Crippen LogP contribution in [0.25, 0.3) is 21.7 Å². The number of phenolic OH excluding ortho intramolecular Hbond substituents is 1. The second kappa shape index (κ2) is 8.33. The van der Waals surface area contributed by atoms with Crippen molar-refractivity contribution in [3.05, 3.63) is 53.2 Å². The number of halogens is 1. The molecule has 2 N–H and O–H groups in total. The van der Waals surface area contributed by atoms with Crippen molar-refractivity contribution >= 4 is 44.9 Å². The average Bonchev–Trinajstić information content (AvgIpc) is 3.43. The summed E-state index contributed by atoms with van der Waals surface area (Å²) in [7, 11) is 4.62. The van der Waals surface area contributed by atoms with Crippen LogP contribution in [0.2, 0.25) is 0 Å². The maximum atomic E-state index is 13.7. The molecule has 4 aromatic rings. The largest absolute Gasteiger partial charge is 0.507 e. The number of aryl methyl sites for hydroxylation is 1. The van der Waals surface area contributed by atoms with E-state index in [0.29, 0.717) is 46.6 Å². The van der Waals surface area contributed by atoms with Crippen LogP contribution < -0.4 is 19.1 Å². The zero-order valence-corrected chi connectivity index (χ0v) is 20.1. The number of nitrogens with zero attached hydrogens (tertiary/aromatic N) is 1. The Balaban J connectivity index is 1.65. The van der Waals surface area contributed by atoms with Gasteiger partial charge in [0.1, 0.15) is 11.4 Å². The van der Waals surface area contributed by atoms with E-state index in [2.05, 4.69) is 4.98 Å². The number of aromatic nitrogens is 1. The molecular weight excluding hydrogens is 456 g/mol. The molecule has 7 nitrogen and oxygen atoms in total. The number of amides is 1. The van der Waals surface area contributed by atoms with Gasteiger partial charge < -0.3 is 29.2 Å². The maximum absolute atomic E-state index is 13.7. The minimum absolute atomic E-state index is 0.0513. The molecule has 1 aliphatic heterocycles. The Bertz CT molecular complexity index is 1440. The van der Waals surface area contributed by atoms with Gasteiger partial charge in [0, 0.05) is 35.2 Å². The molecule has 0 radical (unpaired) electrons. The van der Waals surface area contributed by atoms with Crippen molar-refractivity contribution in [2.45, 2.75) is 12.8 Å². The molecule has 3 aromatic carbocycles. The molecule has 0 aliphatic carbocycles. The molecule has 1 atom stereocenters. The number of nitrogens with one attached hydrogen (secondary N) is 1. The zero-order chi connectivity index (χ0) is 24.1. The number of carbonyl (C=O) groups excluding carboxylic acids is 1. The van der Waals surface area contributed by atoms with Gasteiger partial charge >= 0.3 is 0 Å². The van der Waals surface area contributed by atoms with Crippen molar-refractivity contribution < 1.29 is 24.1 Å². The van der Waals surface area contributed by atoms with E-state index >= 15 is 0 Å². The standard InChI is InChI=1S/C26H25ClN2O5/c1-13-5-6-16-17(7-13)22-15(11-27)12-29(19(22)10-20(16)30)26(31)18-8-14-9-21(32-2)24(33-3)25(34-4)23(14)28-18/h5-10,15,28,30H,11-12H2,1-4H3/t15-/m1/s1. The van der Waals surface area contributed by atoms with Crippen molar-refractivity contribution in [1.82, 2.24) is 4.98 Å². The number of benzene rings is 3. The number of hydrogen-bond donors (Lipinski definition) is 2. The first-order valence-electron chi connectivity index (χ1n) is 10.9. The van der Waals surface area contributed by atoms with Gasteiger partial charge in [0.25, 0.3) is 5.91 Å². The number of fused-ring (bicyclic) bond motifs is 4. The molecule has 0 saturated carbocycles. The van der Waals surface area contributed by atoms with Crippen LogP contribution in [0.15, 0.2) is 36.4 Å². The van der Waals surface area contributed by atoms with Gasteiger partial charge in [-0.25, -0.2) is 0 Å². The molecule has 0 bridgehead atoms. The third-order valence-corrected chi connectivity index (χ3v) is 6.85. The summed E-state index contributed by atoms with van der Waals surface area (Å²) in [6.07, 6.45) is 0. The van der Waals surface area contributed by atoms with Crippen LogP contribution in [0.3, 0.4) is 0 Å². The minimum atomic E-state index is -0.226. The lowest BCUT2D eigenvalue weighted by molar-refractivity contribution is 0.0984. The van der Waals surface area contributed by atoms with Crippen molar-refractivity contribution in [1.29, 1.82) is 0 Å². The molecule has 1 aliphatic rings. The predicted octanol–water partition coefficient (Wildman–Crippen LogP) is 5.34. The molecule has 8 heteroatoms. The SMILES string of the molecule is COc1cc2cc(C(=O)N3C[C@@H](CCl)c4c3cc(O)c3ccc(C)cc43)[nH]c2c(OC)c1OC. The fraction of sp³-hybridized carbons (Fsp3) is 0.269. The number of ether oxygens (including phenoxy) is 3. The highest BCUT2D eigenvalue weighted by Gasteiger charge is 2.35. The number of alkyl halides is 1. The summed E-state index contributed by atoms with van der Waals surface area (Å²) >= 11 is 6.35. The van der Waals surface area contributed by atoms with E-state index in [-0.39, 0.29) is 17.6 Å². The number of phenols is 1. The normalized spacial score (nSPS) is 15.1. The van der Waals surface area contributed by atoms with Crippen LogP contribution in [0, 0.1) is 6.92 Å². The van der Waals surface area contributed by atoms with Crippen molar-refractivity contribution in [2.24, 2.45) is 0 Å². The Morgan fingerprint density at radius 2 is 1.85 bits per heavy atom.